The third-order valence-corrected chi connectivity index (χ3v) is 8.03. The van der Waals surface area contributed by atoms with Gasteiger partial charge in [-0.15, -0.1) is 0 Å². The summed E-state index contributed by atoms with van der Waals surface area (Å²) in [6.45, 7) is 2.29. The highest BCUT2D eigenvalue weighted by atomic mass is 19.1. The Morgan fingerprint density at radius 2 is 1.50 bits per heavy atom. The number of alkyl halides is 2. The molecule has 0 saturated heterocycles. The second kappa shape index (κ2) is 11.0. The van der Waals surface area contributed by atoms with E-state index in [1.807, 2.05) is 91.2 Å². The van der Waals surface area contributed by atoms with Crippen molar-refractivity contribution in [3.8, 4) is 34.1 Å². The minimum absolute atomic E-state index is 0.369. The molecule has 218 valence electrons. The number of halogens is 3. The zero-order valence-electron chi connectivity index (χ0n) is 24.1. The van der Waals surface area contributed by atoms with Crippen LogP contribution in [-0.2, 0) is 13.3 Å². The number of pyridine rings is 1. The van der Waals surface area contributed by atoms with E-state index in [0.717, 1.165) is 38.6 Å². The molecule has 0 bridgehead atoms. The molecule has 3 aromatic heterocycles. The third kappa shape index (κ3) is 4.68. The van der Waals surface area contributed by atoms with Gasteiger partial charge in [0.05, 0.1) is 22.9 Å². The molecule has 7 aromatic rings. The van der Waals surface area contributed by atoms with Gasteiger partial charge < -0.3 is 4.74 Å². The van der Waals surface area contributed by atoms with Gasteiger partial charge in [-0.25, -0.2) is 22.8 Å². The van der Waals surface area contributed by atoms with Crippen molar-refractivity contribution in [2.45, 2.75) is 27.2 Å². The maximum absolute atomic E-state index is 14.2. The van der Waals surface area contributed by atoms with Crippen LogP contribution in [0.15, 0.2) is 104 Å². The van der Waals surface area contributed by atoms with Crippen molar-refractivity contribution in [1.29, 1.82) is 0 Å². The molecule has 3 heterocycles. The Labute approximate surface area is 251 Å². The molecule has 44 heavy (non-hydrogen) atoms. The average molecular weight is 589 g/mol. The van der Waals surface area contributed by atoms with E-state index in [-0.39, 0.29) is 5.82 Å². The molecule has 5 nitrogen and oxygen atoms in total. The van der Waals surface area contributed by atoms with E-state index in [2.05, 4.69) is 10.1 Å². The summed E-state index contributed by atoms with van der Waals surface area (Å²) < 4.78 is 52.3. The number of para-hydroxylation sites is 1. The Hall–Kier alpha value is -5.37. The van der Waals surface area contributed by atoms with E-state index in [4.69, 9.17) is 4.74 Å². The van der Waals surface area contributed by atoms with Gasteiger partial charge in [-0.1, -0.05) is 30.3 Å². The first-order valence-corrected chi connectivity index (χ1v) is 14.2. The second-order valence-electron chi connectivity index (χ2n) is 10.7. The zero-order chi connectivity index (χ0) is 30.4. The molecule has 4 aromatic carbocycles. The Morgan fingerprint density at radius 3 is 2.27 bits per heavy atom. The lowest BCUT2D eigenvalue weighted by Gasteiger charge is -2.15. The number of fused-ring (bicyclic) bond motifs is 3. The van der Waals surface area contributed by atoms with Crippen LogP contribution in [0.2, 0.25) is 0 Å². The number of ether oxygens (including phenoxy) is 1. The summed E-state index contributed by atoms with van der Waals surface area (Å²) in [5, 5.41) is 6.52. The number of rotatable bonds is 7. The Balaban J connectivity index is 1.25. The SMILES string of the molecule is Cc1cc(C)c(CF)c(-c2cnn(-c3cccc(Oc4ccc5c6ccccc6n(-c6cc(F)ccn6)c5c4)c3)c2)c1CF. The van der Waals surface area contributed by atoms with Crippen molar-refractivity contribution in [2.24, 2.45) is 0 Å². The van der Waals surface area contributed by atoms with Crippen molar-refractivity contribution in [2.75, 3.05) is 0 Å². The van der Waals surface area contributed by atoms with Gasteiger partial charge in [0.25, 0.3) is 0 Å². The average Bonchev–Trinajstić information content (AvgIpc) is 3.64. The number of benzene rings is 4. The quantitative estimate of drug-likeness (QED) is 0.186. The Morgan fingerprint density at radius 1 is 0.750 bits per heavy atom. The number of hydrogen-bond donors (Lipinski definition) is 0. The number of hydrogen-bond acceptors (Lipinski definition) is 3. The van der Waals surface area contributed by atoms with Crippen LogP contribution < -0.4 is 4.74 Å². The van der Waals surface area contributed by atoms with Crippen LogP contribution in [0.5, 0.6) is 11.5 Å². The maximum atomic E-state index is 14.2. The first-order valence-electron chi connectivity index (χ1n) is 14.2. The van der Waals surface area contributed by atoms with E-state index in [1.165, 1.54) is 18.3 Å². The molecule has 7 rings (SSSR count). The predicted octanol–water partition coefficient (Wildman–Crippen LogP) is 9.52. The molecule has 0 amide bonds. The maximum Gasteiger partial charge on any atom is 0.140 e. The minimum atomic E-state index is -0.693. The van der Waals surface area contributed by atoms with Crippen molar-refractivity contribution >= 4 is 21.8 Å². The summed E-state index contributed by atoms with van der Waals surface area (Å²) in [6.07, 6.45) is 4.87. The molecular weight excluding hydrogens is 561 g/mol. The van der Waals surface area contributed by atoms with Crippen molar-refractivity contribution < 1.29 is 17.9 Å². The Kier molecular flexibility index (Phi) is 6.89. The van der Waals surface area contributed by atoms with Gasteiger partial charge in [0.1, 0.15) is 36.5 Å². The van der Waals surface area contributed by atoms with Crippen LogP contribution in [0.3, 0.4) is 0 Å². The standard InChI is InChI=1S/C36H27F3N4O/c1-22-14-23(2)32(19-38)36(31(22)18-37)24-20-41-42(21-24)26-6-5-7-27(16-26)44-28-10-11-30-29-8-3-4-9-33(29)43(34(30)17-28)35-15-25(39)12-13-40-35/h3-17,20-21H,18-19H2,1-2H3. The van der Waals surface area contributed by atoms with Crippen LogP contribution in [0.4, 0.5) is 13.2 Å². The van der Waals surface area contributed by atoms with Gasteiger partial charge in [0.2, 0.25) is 0 Å². The van der Waals surface area contributed by atoms with Gasteiger partial charge in [0.15, 0.2) is 0 Å². The van der Waals surface area contributed by atoms with Crippen molar-refractivity contribution in [3.63, 3.8) is 0 Å². The van der Waals surface area contributed by atoms with Gasteiger partial charge in [-0.3, -0.25) is 4.57 Å². The van der Waals surface area contributed by atoms with E-state index >= 15 is 0 Å². The first-order chi connectivity index (χ1) is 21.4. The topological polar surface area (TPSA) is 44.9 Å². The highest BCUT2D eigenvalue weighted by Crippen LogP contribution is 2.36. The van der Waals surface area contributed by atoms with Crippen LogP contribution in [-0.4, -0.2) is 19.3 Å². The lowest BCUT2D eigenvalue weighted by molar-refractivity contribution is 0.474. The summed E-state index contributed by atoms with van der Waals surface area (Å²) in [5.41, 5.74) is 6.17. The molecule has 8 heteroatoms. The fourth-order valence-corrected chi connectivity index (χ4v) is 5.96. The third-order valence-electron chi connectivity index (χ3n) is 8.03. The molecule has 0 saturated carbocycles. The molecule has 0 aliphatic rings. The van der Waals surface area contributed by atoms with E-state index < -0.39 is 13.3 Å². The molecule has 0 spiro atoms. The fraction of sp³-hybridized carbons (Fsp3) is 0.111. The molecule has 0 atom stereocenters. The summed E-state index contributed by atoms with van der Waals surface area (Å²) in [4.78, 5) is 4.43. The van der Waals surface area contributed by atoms with E-state index in [1.54, 1.807) is 17.1 Å². The Bertz CT molecular complexity index is 2150. The van der Waals surface area contributed by atoms with Gasteiger partial charge in [-0.05, 0) is 78.1 Å². The second-order valence-corrected chi connectivity index (χ2v) is 10.7. The molecule has 0 radical (unpaired) electrons. The van der Waals surface area contributed by atoms with Crippen LogP contribution in [0.1, 0.15) is 22.3 Å². The van der Waals surface area contributed by atoms with E-state index in [9.17, 15) is 13.2 Å². The highest BCUT2D eigenvalue weighted by molar-refractivity contribution is 6.09. The highest BCUT2D eigenvalue weighted by Gasteiger charge is 2.18. The smallest absolute Gasteiger partial charge is 0.140 e. The molecule has 0 fully saturated rings. The fourth-order valence-electron chi connectivity index (χ4n) is 5.96. The van der Waals surface area contributed by atoms with Crippen LogP contribution >= 0.6 is 0 Å². The summed E-state index contributed by atoms with van der Waals surface area (Å²) in [6, 6.07) is 25.7. The zero-order valence-corrected chi connectivity index (χ0v) is 24.1. The van der Waals surface area contributed by atoms with Crippen molar-refractivity contribution in [3.05, 3.63) is 132 Å². The van der Waals surface area contributed by atoms with Crippen LogP contribution in [0, 0.1) is 19.7 Å². The number of aromatic nitrogens is 4. The monoisotopic (exact) mass is 588 g/mol. The minimum Gasteiger partial charge on any atom is -0.457 e. The summed E-state index contributed by atoms with van der Waals surface area (Å²) >= 11 is 0. The lowest BCUT2D eigenvalue weighted by Crippen LogP contribution is -2.00. The van der Waals surface area contributed by atoms with Gasteiger partial charge in [0, 0.05) is 46.9 Å². The molecular formula is C36H27F3N4O. The number of aryl methyl sites for hydroxylation is 2. The lowest BCUT2D eigenvalue weighted by atomic mass is 9.90. The molecule has 0 N–H and O–H groups in total. The van der Waals surface area contributed by atoms with Crippen molar-refractivity contribution in [1.82, 2.24) is 19.3 Å². The molecule has 0 unspecified atom stereocenters. The van der Waals surface area contributed by atoms with Crippen LogP contribution in [0.25, 0.3) is 44.4 Å². The number of nitrogens with zero attached hydrogens (tertiary/aromatic N) is 4. The first kappa shape index (κ1) is 27.5. The van der Waals surface area contributed by atoms with Gasteiger partial charge in [-0.2, -0.15) is 5.10 Å². The van der Waals surface area contributed by atoms with E-state index in [0.29, 0.717) is 39.6 Å². The summed E-state index contributed by atoms with van der Waals surface area (Å²) in [7, 11) is 0. The summed E-state index contributed by atoms with van der Waals surface area (Å²) in [5.74, 6) is 1.27. The van der Waals surface area contributed by atoms with Gasteiger partial charge >= 0.3 is 0 Å². The molecule has 0 aliphatic carbocycles. The largest absolute Gasteiger partial charge is 0.457 e. The normalized spacial score (nSPS) is 11.5. The molecule has 0 aliphatic heterocycles. The predicted molar refractivity (Wildman–Crippen MR) is 167 cm³/mol.